The summed E-state index contributed by atoms with van der Waals surface area (Å²) in [5.74, 6) is -0.483. The van der Waals surface area contributed by atoms with Gasteiger partial charge in [0.2, 0.25) is 0 Å². The maximum Gasteiger partial charge on any atom is 0.328 e. The summed E-state index contributed by atoms with van der Waals surface area (Å²) < 4.78 is 6.64. The first-order chi connectivity index (χ1) is 11.5. The van der Waals surface area contributed by atoms with E-state index >= 15 is 0 Å². The van der Waals surface area contributed by atoms with Gasteiger partial charge in [-0.25, -0.2) is 9.48 Å². The topological polar surface area (TPSA) is 64.4 Å². The number of aryl methyl sites for hydroxylation is 2. The van der Waals surface area contributed by atoms with E-state index < -0.39 is 6.04 Å². The van der Waals surface area contributed by atoms with E-state index in [9.17, 15) is 9.59 Å². The lowest BCUT2D eigenvalue weighted by molar-refractivity contribution is -0.145. The lowest BCUT2D eigenvalue weighted by Crippen LogP contribution is -2.41. The zero-order valence-corrected chi connectivity index (χ0v) is 14.2. The Morgan fingerprint density at radius 3 is 2.50 bits per heavy atom. The van der Waals surface area contributed by atoms with Crippen LogP contribution in [0.15, 0.2) is 30.3 Å². The van der Waals surface area contributed by atoms with Gasteiger partial charge in [-0.1, -0.05) is 0 Å². The van der Waals surface area contributed by atoms with Gasteiger partial charge in [0.1, 0.15) is 6.04 Å². The standard InChI is InChI=1S/C18H21N3O3/c1-12-11-13(2)21(19-12)15-8-6-14(7-9-15)17(22)20-10-4-5-16(20)18(23)24-3/h6-9,11,16H,4-5,10H2,1-3H3/t16-/m1/s1. The van der Waals surface area contributed by atoms with Gasteiger partial charge in [-0.05, 0) is 57.0 Å². The fraction of sp³-hybridized carbons (Fsp3) is 0.389. The second-order valence-electron chi connectivity index (χ2n) is 6.07. The molecule has 0 saturated carbocycles. The number of amides is 1. The molecule has 1 amide bonds. The summed E-state index contributed by atoms with van der Waals surface area (Å²) in [7, 11) is 1.35. The number of carbonyl (C=O) groups excluding carboxylic acids is 2. The van der Waals surface area contributed by atoms with Gasteiger partial charge in [0.15, 0.2) is 0 Å². The van der Waals surface area contributed by atoms with Crippen LogP contribution < -0.4 is 0 Å². The number of benzene rings is 1. The Morgan fingerprint density at radius 2 is 1.92 bits per heavy atom. The van der Waals surface area contributed by atoms with Gasteiger partial charge in [-0.15, -0.1) is 0 Å². The predicted molar refractivity (Wildman–Crippen MR) is 89.1 cm³/mol. The highest BCUT2D eigenvalue weighted by molar-refractivity contribution is 5.97. The second-order valence-corrected chi connectivity index (χ2v) is 6.07. The molecular formula is C18H21N3O3. The Morgan fingerprint density at radius 1 is 1.21 bits per heavy atom. The number of likely N-dealkylation sites (tertiary alicyclic amines) is 1. The fourth-order valence-electron chi connectivity index (χ4n) is 3.19. The third-order valence-electron chi connectivity index (χ3n) is 4.36. The zero-order valence-electron chi connectivity index (χ0n) is 14.2. The fourth-order valence-corrected chi connectivity index (χ4v) is 3.19. The SMILES string of the molecule is COC(=O)[C@H]1CCCN1C(=O)c1ccc(-n2nc(C)cc2C)cc1. The molecule has 1 fully saturated rings. The number of hydrogen-bond acceptors (Lipinski definition) is 4. The van der Waals surface area contributed by atoms with Crippen molar-refractivity contribution in [2.75, 3.05) is 13.7 Å². The number of methoxy groups -OCH3 is 1. The van der Waals surface area contributed by atoms with Crippen molar-refractivity contribution in [2.45, 2.75) is 32.7 Å². The lowest BCUT2D eigenvalue weighted by atomic mass is 10.1. The van der Waals surface area contributed by atoms with Crippen molar-refractivity contribution in [1.82, 2.24) is 14.7 Å². The Balaban J connectivity index is 1.81. The molecule has 0 spiro atoms. The number of aromatic nitrogens is 2. The molecule has 0 unspecified atom stereocenters. The normalized spacial score (nSPS) is 17.1. The van der Waals surface area contributed by atoms with Crippen LogP contribution >= 0.6 is 0 Å². The number of nitrogens with zero attached hydrogens (tertiary/aromatic N) is 3. The van der Waals surface area contributed by atoms with Gasteiger partial charge in [-0.2, -0.15) is 5.10 Å². The Kier molecular flexibility index (Phi) is 4.38. The third kappa shape index (κ3) is 2.91. The molecule has 1 aromatic carbocycles. The molecule has 1 atom stereocenters. The van der Waals surface area contributed by atoms with Gasteiger partial charge in [0.05, 0.1) is 18.5 Å². The van der Waals surface area contributed by atoms with Crippen molar-refractivity contribution in [2.24, 2.45) is 0 Å². The summed E-state index contributed by atoms with van der Waals surface area (Å²) in [6.07, 6.45) is 1.47. The summed E-state index contributed by atoms with van der Waals surface area (Å²) in [5, 5.41) is 4.44. The zero-order chi connectivity index (χ0) is 17.3. The summed E-state index contributed by atoms with van der Waals surface area (Å²) in [6.45, 7) is 4.52. The van der Waals surface area contributed by atoms with E-state index in [1.54, 1.807) is 17.0 Å². The van der Waals surface area contributed by atoms with Gasteiger partial charge in [0, 0.05) is 17.8 Å². The molecule has 2 heterocycles. The number of hydrogen-bond donors (Lipinski definition) is 0. The number of rotatable bonds is 3. The first kappa shape index (κ1) is 16.2. The van der Waals surface area contributed by atoms with Crippen LogP contribution in [0.4, 0.5) is 0 Å². The van der Waals surface area contributed by atoms with Crippen molar-refractivity contribution in [1.29, 1.82) is 0 Å². The van der Waals surface area contributed by atoms with Gasteiger partial charge >= 0.3 is 5.97 Å². The molecule has 24 heavy (non-hydrogen) atoms. The van der Waals surface area contributed by atoms with E-state index in [2.05, 4.69) is 5.10 Å². The quantitative estimate of drug-likeness (QED) is 0.811. The Bertz CT molecular complexity index is 764. The highest BCUT2D eigenvalue weighted by Gasteiger charge is 2.35. The van der Waals surface area contributed by atoms with Gasteiger partial charge in [-0.3, -0.25) is 4.79 Å². The summed E-state index contributed by atoms with van der Waals surface area (Å²) in [6, 6.07) is 8.83. The van der Waals surface area contributed by atoms with E-state index in [1.165, 1.54) is 7.11 Å². The maximum absolute atomic E-state index is 12.7. The van der Waals surface area contributed by atoms with Gasteiger partial charge < -0.3 is 9.64 Å². The molecule has 6 nitrogen and oxygen atoms in total. The molecule has 0 N–H and O–H groups in total. The molecule has 3 rings (SSSR count). The monoisotopic (exact) mass is 327 g/mol. The number of esters is 1. The predicted octanol–water partition coefficient (Wildman–Crippen LogP) is 2.27. The highest BCUT2D eigenvalue weighted by atomic mass is 16.5. The second kappa shape index (κ2) is 6.47. The largest absolute Gasteiger partial charge is 0.467 e. The smallest absolute Gasteiger partial charge is 0.328 e. The van der Waals surface area contributed by atoms with Crippen molar-refractivity contribution < 1.29 is 14.3 Å². The van der Waals surface area contributed by atoms with Crippen LogP contribution in [0.1, 0.15) is 34.6 Å². The number of carbonyl (C=O) groups is 2. The molecule has 6 heteroatoms. The molecule has 0 radical (unpaired) electrons. The average molecular weight is 327 g/mol. The van der Waals surface area contributed by atoms with Crippen molar-refractivity contribution in [3.8, 4) is 5.69 Å². The van der Waals surface area contributed by atoms with Crippen LogP contribution in [0, 0.1) is 13.8 Å². The molecule has 2 aromatic rings. The van der Waals surface area contributed by atoms with E-state index in [4.69, 9.17) is 4.74 Å². The van der Waals surface area contributed by atoms with Crippen LogP contribution in [-0.2, 0) is 9.53 Å². The van der Waals surface area contributed by atoms with Crippen molar-refractivity contribution in [3.05, 3.63) is 47.3 Å². The first-order valence-electron chi connectivity index (χ1n) is 8.04. The maximum atomic E-state index is 12.7. The highest BCUT2D eigenvalue weighted by Crippen LogP contribution is 2.22. The third-order valence-corrected chi connectivity index (χ3v) is 4.36. The molecule has 1 aliphatic heterocycles. The van der Waals surface area contributed by atoms with E-state index in [0.717, 1.165) is 23.5 Å². The van der Waals surface area contributed by atoms with Crippen LogP contribution in [0.5, 0.6) is 0 Å². The number of ether oxygens (including phenoxy) is 1. The van der Waals surface area contributed by atoms with Crippen LogP contribution in [0.25, 0.3) is 5.69 Å². The summed E-state index contributed by atoms with van der Waals surface area (Å²) in [5.41, 5.74) is 3.46. The lowest BCUT2D eigenvalue weighted by Gasteiger charge is -2.22. The first-order valence-corrected chi connectivity index (χ1v) is 8.04. The Labute approximate surface area is 141 Å². The molecule has 126 valence electrons. The molecular weight excluding hydrogens is 306 g/mol. The van der Waals surface area contributed by atoms with Crippen LogP contribution in [-0.4, -0.2) is 46.3 Å². The van der Waals surface area contributed by atoms with E-state index in [-0.39, 0.29) is 11.9 Å². The molecule has 1 aromatic heterocycles. The summed E-state index contributed by atoms with van der Waals surface area (Å²) in [4.78, 5) is 26.1. The van der Waals surface area contributed by atoms with E-state index in [1.807, 2.05) is 36.7 Å². The minimum Gasteiger partial charge on any atom is -0.467 e. The molecule has 1 aliphatic rings. The molecule has 0 aliphatic carbocycles. The van der Waals surface area contributed by atoms with Crippen LogP contribution in [0.3, 0.4) is 0 Å². The van der Waals surface area contributed by atoms with Gasteiger partial charge in [0.25, 0.3) is 5.91 Å². The molecule has 1 saturated heterocycles. The van der Waals surface area contributed by atoms with E-state index in [0.29, 0.717) is 18.5 Å². The van der Waals surface area contributed by atoms with Crippen molar-refractivity contribution in [3.63, 3.8) is 0 Å². The summed E-state index contributed by atoms with van der Waals surface area (Å²) >= 11 is 0. The Hall–Kier alpha value is -2.63. The average Bonchev–Trinajstić information content (AvgIpc) is 3.20. The van der Waals surface area contributed by atoms with Crippen molar-refractivity contribution >= 4 is 11.9 Å². The minimum atomic E-state index is -0.474. The van der Waals surface area contributed by atoms with Crippen LogP contribution in [0.2, 0.25) is 0 Å². The minimum absolute atomic E-state index is 0.136. The molecule has 0 bridgehead atoms.